The molecule has 0 bridgehead atoms. The van der Waals surface area contributed by atoms with Gasteiger partial charge in [0.15, 0.2) is 0 Å². The van der Waals surface area contributed by atoms with Crippen LogP contribution in [-0.2, 0) is 0 Å². The standard InChI is InChI=1S/C13H19BrN2/c1-10(11-3-5-12(14)6-4-11)16(2)13-7-8-15-9-13/h3-6,10,13,15H,7-9H2,1-2H3. The molecule has 0 amide bonds. The van der Waals surface area contributed by atoms with Crippen LogP contribution in [0.25, 0.3) is 0 Å². The normalized spacial score (nSPS) is 22.6. The maximum Gasteiger partial charge on any atom is 0.0320 e. The van der Waals surface area contributed by atoms with Crippen LogP contribution in [0.3, 0.4) is 0 Å². The number of nitrogens with one attached hydrogen (secondary N) is 1. The predicted octanol–water partition coefficient (Wildman–Crippen LogP) is 2.80. The van der Waals surface area contributed by atoms with E-state index < -0.39 is 0 Å². The van der Waals surface area contributed by atoms with Gasteiger partial charge >= 0.3 is 0 Å². The van der Waals surface area contributed by atoms with Crippen molar-refractivity contribution in [2.24, 2.45) is 0 Å². The minimum atomic E-state index is 0.484. The van der Waals surface area contributed by atoms with Gasteiger partial charge in [0.1, 0.15) is 0 Å². The molecule has 0 spiro atoms. The summed E-state index contributed by atoms with van der Waals surface area (Å²) in [6.07, 6.45) is 1.26. The average molecular weight is 283 g/mol. The van der Waals surface area contributed by atoms with E-state index in [4.69, 9.17) is 0 Å². The molecule has 0 saturated carbocycles. The Morgan fingerprint density at radius 3 is 2.62 bits per heavy atom. The highest BCUT2D eigenvalue weighted by atomic mass is 79.9. The second-order valence-corrected chi connectivity index (χ2v) is 5.46. The van der Waals surface area contributed by atoms with Gasteiger partial charge in [-0.1, -0.05) is 28.1 Å². The monoisotopic (exact) mass is 282 g/mol. The predicted molar refractivity (Wildman–Crippen MR) is 71.6 cm³/mol. The number of nitrogens with zero attached hydrogens (tertiary/aromatic N) is 1. The first-order valence-electron chi connectivity index (χ1n) is 5.86. The third-order valence-corrected chi connectivity index (χ3v) is 4.10. The van der Waals surface area contributed by atoms with Crippen molar-refractivity contribution in [3.05, 3.63) is 34.3 Å². The van der Waals surface area contributed by atoms with Crippen molar-refractivity contribution in [2.75, 3.05) is 20.1 Å². The van der Waals surface area contributed by atoms with Crippen LogP contribution < -0.4 is 5.32 Å². The average Bonchev–Trinajstić information content (AvgIpc) is 2.81. The third kappa shape index (κ3) is 2.65. The van der Waals surface area contributed by atoms with Gasteiger partial charge in [0, 0.05) is 23.1 Å². The van der Waals surface area contributed by atoms with Gasteiger partial charge in [0.2, 0.25) is 0 Å². The fourth-order valence-corrected chi connectivity index (χ4v) is 2.54. The van der Waals surface area contributed by atoms with Gasteiger partial charge < -0.3 is 5.32 Å². The van der Waals surface area contributed by atoms with Crippen molar-refractivity contribution in [3.63, 3.8) is 0 Å². The SMILES string of the molecule is CC(c1ccc(Br)cc1)N(C)C1CCNC1. The van der Waals surface area contributed by atoms with Crippen molar-refractivity contribution in [1.82, 2.24) is 10.2 Å². The van der Waals surface area contributed by atoms with Crippen molar-refractivity contribution in [1.29, 1.82) is 0 Å². The van der Waals surface area contributed by atoms with Gasteiger partial charge in [0.05, 0.1) is 0 Å². The van der Waals surface area contributed by atoms with Gasteiger partial charge in [-0.15, -0.1) is 0 Å². The summed E-state index contributed by atoms with van der Waals surface area (Å²) in [6, 6.07) is 9.80. The maximum absolute atomic E-state index is 3.47. The fraction of sp³-hybridized carbons (Fsp3) is 0.538. The second kappa shape index (κ2) is 5.30. The number of hydrogen-bond donors (Lipinski definition) is 1. The summed E-state index contributed by atoms with van der Waals surface area (Å²) in [5, 5.41) is 3.42. The molecular weight excluding hydrogens is 264 g/mol. The molecule has 1 aliphatic heterocycles. The Balaban J connectivity index is 2.05. The van der Waals surface area contributed by atoms with Crippen LogP contribution in [0.1, 0.15) is 24.9 Å². The Morgan fingerprint density at radius 2 is 2.06 bits per heavy atom. The van der Waals surface area contributed by atoms with E-state index in [-0.39, 0.29) is 0 Å². The highest BCUT2D eigenvalue weighted by Gasteiger charge is 2.23. The van der Waals surface area contributed by atoms with Gasteiger partial charge in [-0.2, -0.15) is 0 Å². The van der Waals surface area contributed by atoms with E-state index in [9.17, 15) is 0 Å². The quantitative estimate of drug-likeness (QED) is 0.917. The van der Waals surface area contributed by atoms with Gasteiger partial charge in [-0.25, -0.2) is 0 Å². The maximum atomic E-state index is 3.47. The molecule has 16 heavy (non-hydrogen) atoms. The second-order valence-electron chi connectivity index (χ2n) is 4.54. The smallest absolute Gasteiger partial charge is 0.0320 e. The number of hydrogen-bond acceptors (Lipinski definition) is 2. The molecule has 0 radical (unpaired) electrons. The molecule has 3 heteroatoms. The molecule has 1 fully saturated rings. The van der Waals surface area contributed by atoms with Gasteiger partial charge in [-0.3, -0.25) is 4.90 Å². The first-order chi connectivity index (χ1) is 7.68. The first kappa shape index (κ1) is 12.1. The number of benzene rings is 1. The lowest BCUT2D eigenvalue weighted by atomic mass is 10.1. The summed E-state index contributed by atoms with van der Waals surface area (Å²) < 4.78 is 1.15. The Kier molecular flexibility index (Phi) is 4.00. The summed E-state index contributed by atoms with van der Waals surface area (Å²) in [7, 11) is 2.23. The molecule has 2 nitrogen and oxygen atoms in total. The van der Waals surface area contributed by atoms with Crippen molar-refractivity contribution in [2.45, 2.75) is 25.4 Å². The first-order valence-corrected chi connectivity index (χ1v) is 6.66. The highest BCUT2D eigenvalue weighted by Crippen LogP contribution is 2.24. The fourth-order valence-electron chi connectivity index (χ4n) is 2.28. The van der Waals surface area contributed by atoms with Crippen LogP contribution in [0.4, 0.5) is 0 Å². The summed E-state index contributed by atoms with van der Waals surface area (Å²) >= 11 is 3.47. The molecular formula is C13H19BrN2. The molecule has 1 aromatic carbocycles. The largest absolute Gasteiger partial charge is 0.315 e. The number of likely N-dealkylation sites (N-methyl/N-ethyl adjacent to an activating group) is 1. The topological polar surface area (TPSA) is 15.3 Å². The van der Waals surface area contributed by atoms with Crippen LogP contribution in [0.5, 0.6) is 0 Å². The molecule has 1 aromatic rings. The van der Waals surface area contributed by atoms with E-state index in [1.54, 1.807) is 0 Å². The molecule has 2 rings (SSSR count). The molecule has 1 heterocycles. The van der Waals surface area contributed by atoms with Gasteiger partial charge in [-0.05, 0) is 44.6 Å². The lowest BCUT2D eigenvalue weighted by Gasteiger charge is -2.30. The van der Waals surface area contributed by atoms with E-state index in [0.717, 1.165) is 17.6 Å². The molecule has 2 unspecified atom stereocenters. The third-order valence-electron chi connectivity index (χ3n) is 3.57. The van der Waals surface area contributed by atoms with E-state index in [1.807, 2.05) is 0 Å². The molecule has 0 aromatic heterocycles. The van der Waals surface area contributed by atoms with Crippen LogP contribution in [0, 0.1) is 0 Å². The Morgan fingerprint density at radius 1 is 1.38 bits per heavy atom. The molecule has 2 atom stereocenters. The zero-order valence-electron chi connectivity index (χ0n) is 9.91. The van der Waals surface area contributed by atoms with Crippen LogP contribution in [0.15, 0.2) is 28.7 Å². The zero-order valence-corrected chi connectivity index (χ0v) is 11.5. The zero-order chi connectivity index (χ0) is 11.5. The van der Waals surface area contributed by atoms with E-state index in [0.29, 0.717) is 12.1 Å². The van der Waals surface area contributed by atoms with Crippen molar-refractivity contribution >= 4 is 15.9 Å². The molecule has 1 N–H and O–H groups in total. The molecule has 88 valence electrons. The summed E-state index contributed by atoms with van der Waals surface area (Å²) in [6.45, 7) is 4.56. The summed E-state index contributed by atoms with van der Waals surface area (Å²) in [4.78, 5) is 2.48. The Hall–Kier alpha value is -0.380. The van der Waals surface area contributed by atoms with Crippen LogP contribution in [0.2, 0.25) is 0 Å². The minimum Gasteiger partial charge on any atom is -0.315 e. The van der Waals surface area contributed by atoms with Crippen LogP contribution >= 0.6 is 15.9 Å². The number of rotatable bonds is 3. The minimum absolute atomic E-state index is 0.484. The Labute approximate surface area is 106 Å². The highest BCUT2D eigenvalue weighted by molar-refractivity contribution is 9.10. The van der Waals surface area contributed by atoms with Gasteiger partial charge in [0.25, 0.3) is 0 Å². The van der Waals surface area contributed by atoms with E-state index >= 15 is 0 Å². The molecule has 1 saturated heterocycles. The summed E-state index contributed by atoms with van der Waals surface area (Å²) in [5.41, 5.74) is 1.39. The molecule has 1 aliphatic rings. The number of halogens is 1. The summed E-state index contributed by atoms with van der Waals surface area (Å²) in [5.74, 6) is 0. The lowest BCUT2D eigenvalue weighted by Crippen LogP contribution is -2.35. The van der Waals surface area contributed by atoms with E-state index in [2.05, 4.69) is 64.4 Å². The van der Waals surface area contributed by atoms with Crippen LogP contribution in [-0.4, -0.2) is 31.1 Å². The lowest BCUT2D eigenvalue weighted by molar-refractivity contribution is 0.197. The van der Waals surface area contributed by atoms with Crippen molar-refractivity contribution < 1.29 is 0 Å². The molecule has 0 aliphatic carbocycles. The van der Waals surface area contributed by atoms with E-state index in [1.165, 1.54) is 12.0 Å². The van der Waals surface area contributed by atoms with Crippen molar-refractivity contribution in [3.8, 4) is 0 Å². The Bertz CT molecular complexity index is 330.